The summed E-state index contributed by atoms with van der Waals surface area (Å²) in [5.74, 6) is 0.961. The van der Waals surface area contributed by atoms with Crippen molar-refractivity contribution in [3.8, 4) is 0 Å². The van der Waals surface area contributed by atoms with Crippen molar-refractivity contribution >= 4 is 12.6 Å². The van der Waals surface area contributed by atoms with Crippen LogP contribution in [0.2, 0.25) is 0 Å². The van der Waals surface area contributed by atoms with Gasteiger partial charge in [-0.05, 0) is 31.9 Å². The summed E-state index contributed by atoms with van der Waals surface area (Å²) in [5, 5.41) is 0. The van der Waals surface area contributed by atoms with Crippen LogP contribution in [0.25, 0.3) is 0 Å². The number of ether oxygens (including phenoxy) is 2. The molecule has 0 heterocycles. The van der Waals surface area contributed by atoms with E-state index in [1.807, 2.05) is 6.92 Å². The minimum absolute atomic E-state index is 0.805. The van der Waals surface area contributed by atoms with Crippen molar-refractivity contribution in [2.24, 2.45) is 0 Å². The molecule has 0 saturated heterocycles. The summed E-state index contributed by atoms with van der Waals surface area (Å²) in [5.41, 5.74) is 0. The maximum absolute atomic E-state index is 5.37. The highest BCUT2D eigenvalue weighted by Crippen LogP contribution is 1.93. The first-order chi connectivity index (χ1) is 5.91. The number of rotatable bonds is 9. The molecule has 74 valence electrons. The molecule has 0 radical (unpaired) electrons. The molecule has 0 aliphatic carbocycles. The molecule has 0 bridgehead atoms. The van der Waals surface area contributed by atoms with Gasteiger partial charge in [-0.25, -0.2) is 0 Å². The van der Waals surface area contributed by atoms with Crippen LogP contribution in [0.15, 0.2) is 0 Å². The Kier molecular flexibility index (Phi) is 11.5. The molecule has 0 aromatic carbocycles. The smallest absolute Gasteiger partial charge is 0.0487 e. The molecule has 0 aliphatic rings. The summed E-state index contributed by atoms with van der Waals surface area (Å²) in [4.78, 5) is 0. The molecule has 0 aliphatic heterocycles. The maximum Gasteiger partial charge on any atom is 0.0487 e. The zero-order valence-electron chi connectivity index (χ0n) is 7.92. The van der Waals surface area contributed by atoms with Crippen LogP contribution in [0, 0.1) is 0 Å². The molecular weight excluding hydrogens is 172 g/mol. The molecule has 0 N–H and O–H groups in total. The highest BCUT2D eigenvalue weighted by molar-refractivity contribution is 7.80. The van der Waals surface area contributed by atoms with E-state index in [0.29, 0.717) is 0 Å². The van der Waals surface area contributed by atoms with Gasteiger partial charge in [0, 0.05) is 26.4 Å². The summed E-state index contributed by atoms with van der Waals surface area (Å²) in [6.07, 6.45) is 3.28. The second kappa shape index (κ2) is 11.3. The third-order valence-electron chi connectivity index (χ3n) is 1.48. The lowest BCUT2D eigenvalue weighted by atomic mass is 10.3. The van der Waals surface area contributed by atoms with Crippen LogP contribution in [0.4, 0.5) is 0 Å². The predicted octanol–water partition coefficient (Wildman–Crippen LogP) is 2.14. The van der Waals surface area contributed by atoms with Gasteiger partial charge < -0.3 is 9.47 Å². The van der Waals surface area contributed by atoms with E-state index >= 15 is 0 Å². The van der Waals surface area contributed by atoms with Crippen molar-refractivity contribution in [3.63, 3.8) is 0 Å². The van der Waals surface area contributed by atoms with Crippen LogP contribution >= 0.6 is 12.6 Å². The highest BCUT2D eigenvalue weighted by Gasteiger charge is 1.89. The Balaban J connectivity index is 2.73. The van der Waals surface area contributed by atoms with Crippen molar-refractivity contribution in [2.75, 3.05) is 32.2 Å². The molecule has 2 nitrogen and oxygen atoms in total. The van der Waals surface area contributed by atoms with Crippen LogP contribution in [-0.2, 0) is 9.47 Å². The summed E-state index contributed by atoms with van der Waals surface area (Å²) in [6.45, 7) is 5.33. The second-order valence-electron chi connectivity index (χ2n) is 2.59. The van der Waals surface area contributed by atoms with E-state index in [4.69, 9.17) is 9.47 Å². The Morgan fingerprint density at radius 1 is 0.917 bits per heavy atom. The minimum atomic E-state index is 0.805. The van der Waals surface area contributed by atoms with E-state index in [2.05, 4.69) is 12.6 Å². The molecule has 3 heteroatoms. The highest BCUT2D eigenvalue weighted by atomic mass is 32.1. The standard InChI is InChI=1S/C9H20O2S/c1-2-10-7-5-8-11-6-3-4-9-12/h12H,2-9H2,1H3. The number of hydrogen-bond acceptors (Lipinski definition) is 3. The van der Waals surface area contributed by atoms with Gasteiger partial charge in [0.05, 0.1) is 0 Å². The molecule has 12 heavy (non-hydrogen) atoms. The minimum Gasteiger partial charge on any atom is -0.382 e. The molecule has 0 atom stereocenters. The van der Waals surface area contributed by atoms with Crippen molar-refractivity contribution < 1.29 is 9.47 Å². The molecular formula is C9H20O2S. The van der Waals surface area contributed by atoms with Gasteiger partial charge in [-0.2, -0.15) is 12.6 Å². The maximum atomic E-state index is 5.37. The first-order valence-corrected chi connectivity index (χ1v) is 5.31. The molecule has 0 saturated carbocycles. The molecule has 0 fully saturated rings. The van der Waals surface area contributed by atoms with Gasteiger partial charge in [-0.1, -0.05) is 0 Å². The second-order valence-corrected chi connectivity index (χ2v) is 3.04. The van der Waals surface area contributed by atoms with Crippen LogP contribution in [0.3, 0.4) is 0 Å². The molecule has 0 spiro atoms. The normalized spacial score (nSPS) is 10.5. The Bertz CT molecular complexity index is 68.9. The van der Waals surface area contributed by atoms with Crippen molar-refractivity contribution in [1.29, 1.82) is 0 Å². The monoisotopic (exact) mass is 192 g/mol. The SMILES string of the molecule is CCOCCCOCCCCS. The van der Waals surface area contributed by atoms with Gasteiger partial charge in [0.25, 0.3) is 0 Å². The Morgan fingerprint density at radius 2 is 1.58 bits per heavy atom. The largest absolute Gasteiger partial charge is 0.382 e. The molecule has 0 aromatic heterocycles. The van der Waals surface area contributed by atoms with Crippen LogP contribution in [-0.4, -0.2) is 32.2 Å². The van der Waals surface area contributed by atoms with Crippen molar-refractivity contribution in [1.82, 2.24) is 0 Å². The van der Waals surface area contributed by atoms with E-state index in [-0.39, 0.29) is 0 Å². The lowest BCUT2D eigenvalue weighted by Crippen LogP contribution is -2.01. The quantitative estimate of drug-likeness (QED) is 0.446. The van der Waals surface area contributed by atoms with Crippen molar-refractivity contribution in [3.05, 3.63) is 0 Å². The average molecular weight is 192 g/mol. The fraction of sp³-hybridized carbons (Fsp3) is 1.00. The summed E-state index contributed by atoms with van der Waals surface area (Å²) >= 11 is 4.12. The van der Waals surface area contributed by atoms with Crippen LogP contribution in [0.5, 0.6) is 0 Å². The summed E-state index contributed by atoms with van der Waals surface area (Å²) in [6, 6.07) is 0. The topological polar surface area (TPSA) is 18.5 Å². The van der Waals surface area contributed by atoms with E-state index in [9.17, 15) is 0 Å². The van der Waals surface area contributed by atoms with E-state index < -0.39 is 0 Å². The Hall–Kier alpha value is 0.270. The fourth-order valence-corrected chi connectivity index (χ4v) is 1.05. The lowest BCUT2D eigenvalue weighted by Gasteiger charge is -2.03. The fourth-order valence-electron chi connectivity index (χ4n) is 0.825. The Labute approximate surface area is 81.0 Å². The number of unbranched alkanes of at least 4 members (excludes halogenated alkanes) is 1. The van der Waals surface area contributed by atoms with Gasteiger partial charge in [0.2, 0.25) is 0 Å². The lowest BCUT2D eigenvalue weighted by molar-refractivity contribution is 0.0868. The molecule has 0 aromatic rings. The van der Waals surface area contributed by atoms with E-state index in [0.717, 1.165) is 51.4 Å². The van der Waals surface area contributed by atoms with Gasteiger partial charge in [-0.15, -0.1) is 0 Å². The van der Waals surface area contributed by atoms with Crippen LogP contribution in [0.1, 0.15) is 26.2 Å². The third-order valence-corrected chi connectivity index (χ3v) is 1.79. The zero-order chi connectivity index (χ0) is 9.07. The zero-order valence-corrected chi connectivity index (χ0v) is 8.81. The number of hydrogen-bond donors (Lipinski definition) is 1. The summed E-state index contributed by atoms with van der Waals surface area (Å²) in [7, 11) is 0. The van der Waals surface area contributed by atoms with Gasteiger partial charge >= 0.3 is 0 Å². The summed E-state index contributed by atoms with van der Waals surface area (Å²) < 4.78 is 10.5. The average Bonchev–Trinajstić information content (AvgIpc) is 2.10. The van der Waals surface area contributed by atoms with Crippen molar-refractivity contribution in [2.45, 2.75) is 26.2 Å². The van der Waals surface area contributed by atoms with Gasteiger partial charge in [0.1, 0.15) is 0 Å². The number of thiol groups is 1. The van der Waals surface area contributed by atoms with E-state index in [1.165, 1.54) is 0 Å². The van der Waals surface area contributed by atoms with E-state index in [1.54, 1.807) is 0 Å². The Morgan fingerprint density at radius 3 is 2.25 bits per heavy atom. The molecule has 0 rings (SSSR count). The van der Waals surface area contributed by atoms with Gasteiger partial charge in [0.15, 0.2) is 0 Å². The third kappa shape index (κ3) is 10.3. The van der Waals surface area contributed by atoms with Crippen LogP contribution < -0.4 is 0 Å². The first kappa shape index (κ1) is 12.3. The first-order valence-electron chi connectivity index (χ1n) is 4.68. The molecule has 0 amide bonds. The van der Waals surface area contributed by atoms with Gasteiger partial charge in [-0.3, -0.25) is 0 Å². The molecule has 0 unspecified atom stereocenters. The predicted molar refractivity (Wildman–Crippen MR) is 55.0 cm³/mol.